The minimum absolute atomic E-state index is 0.0813. The molecule has 0 unspecified atom stereocenters. The Kier molecular flexibility index (Phi) is 6.46. The maximum absolute atomic E-state index is 10.6. The molecule has 1 aromatic rings. The lowest BCUT2D eigenvalue weighted by atomic mass is 10.2. The second-order valence-corrected chi connectivity index (χ2v) is 4.26. The topological polar surface area (TPSA) is 72.6 Å². The predicted molar refractivity (Wildman–Crippen MR) is 69.2 cm³/mol. The Morgan fingerprint density at radius 1 is 1.28 bits per heavy atom. The molecule has 1 N–H and O–H groups in total. The SMILES string of the molecule is O=[N+]([O-])c1ccc(OCCCCCCO)cc1Cl. The third-order valence-corrected chi connectivity index (χ3v) is 2.74. The summed E-state index contributed by atoms with van der Waals surface area (Å²) in [5, 5.41) is 19.2. The Morgan fingerprint density at radius 2 is 2.00 bits per heavy atom. The zero-order chi connectivity index (χ0) is 13.4. The summed E-state index contributed by atoms with van der Waals surface area (Å²) in [6.45, 7) is 0.762. The van der Waals surface area contributed by atoms with Crippen molar-refractivity contribution < 1.29 is 14.8 Å². The van der Waals surface area contributed by atoms with Gasteiger partial charge in [-0.25, -0.2) is 0 Å². The van der Waals surface area contributed by atoms with Gasteiger partial charge in [0, 0.05) is 18.7 Å². The standard InChI is InChI=1S/C12H16ClNO4/c13-11-9-10(5-6-12(11)14(16)17)18-8-4-2-1-3-7-15/h5-6,9,15H,1-4,7-8H2. The number of benzene rings is 1. The van der Waals surface area contributed by atoms with Gasteiger partial charge in [-0.1, -0.05) is 18.0 Å². The number of aliphatic hydroxyl groups excluding tert-OH is 1. The first-order chi connectivity index (χ1) is 8.65. The van der Waals surface area contributed by atoms with Crippen molar-refractivity contribution in [2.24, 2.45) is 0 Å². The fraction of sp³-hybridized carbons (Fsp3) is 0.500. The van der Waals surface area contributed by atoms with Gasteiger partial charge in [0.15, 0.2) is 0 Å². The Balaban J connectivity index is 2.35. The summed E-state index contributed by atoms with van der Waals surface area (Å²) in [7, 11) is 0. The van der Waals surface area contributed by atoms with Gasteiger partial charge in [-0.3, -0.25) is 10.1 Å². The summed E-state index contributed by atoms with van der Waals surface area (Å²) in [5.74, 6) is 0.535. The lowest BCUT2D eigenvalue weighted by Crippen LogP contribution is -1.98. The van der Waals surface area contributed by atoms with Gasteiger partial charge in [0.1, 0.15) is 10.8 Å². The average molecular weight is 274 g/mol. The van der Waals surface area contributed by atoms with Crippen molar-refractivity contribution in [3.05, 3.63) is 33.3 Å². The molecular formula is C12H16ClNO4. The third-order valence-electron chi connectivity index (χ3n) is 2.44. The first-order valence-corrected chi connectivity index (χ1v) is 6.20. The van der Waals surface area contributed by atoms with Crippen molar-refractivity contribution in [3.63, 3.8) is 0 Å². The largest absolute Gasteiger partial charge is 0.494 e. The predicted octanol–water partition coefficient (Wildman–Crippen LogP) is 3.18. The first kappa shape index (κ1) is 14.7. The molecule has 18 heavy (non-hydrogen) atoms. The second-order valence-electron chi connectivity index (χ2n) is 3.86. The van der Waals surface area contributed by atoms with Crippen LogP contribution < -0.4 is 4.74 Å². The highest BCUT2D eigenvalue weighted by molar-refractivity contribution is 6.32. The van der Waals surface area contributed by atoms with Crippen LogP contribution in [0, 0.1) is 10.1 Å². The van der Waals surface area contributed by atoms with Crippen LogP contribution >= 0.6 is 11.6 Å². The average Bonchev–Trinajstić information content (AvgIpc) is 2.33. The normalized spacial score (nSPS) is 10.3. The van der Waals surface area contributed by atoms with Crippen LogP contribution in [0.4, 0.5) is 5.69 Å². The molecule has 0 aliphatic rings. The van der Waals surface area contributed by atoms with Gasteiger partial charge in [-0.2, -0.15) is 0 Å². The van der Waals surface area contributed by atoms with Crippen LogP contribution in [-0.2, 0) is 0 Å². The number of hydrogen-bond donors (Lipinski definition) is 1. The monoisotopic (exact) mass is 273 g/mol. The molecule has 0 saturated carbocycles. The zero-order valence-electron chi connectivity index (χ0n) is 9.97. The smallest absolute Gasteiger partial charge is 0.288 e. The first-order valence-electron chi connectivity index (χ1n) is 5.82. The van der Waals surface area contributed by atoms with Crippen LogP contribution in [0.1, 0.15) is 25.7 Å². The highest BCUT2D eigenvalue weighted by Gasteiger charge is 2.12. The van der Waals surface area contributed by atoms with Crippen LogP contribution in [0.25, 0.3) is 0 Å². The number of nitrogens with zero attached hydrogens (tertiary/aromatic N) is 1. The Morgan fingerprint density at radius 3 is 2.61 bits per heavy atom. The molecule has 0 bridgehead atoms. The molecule has 6 heteroatoms. The Hall–Kier alpha value is -1.33. The van der Waals surface area contributed by atoms with E-state index in [1.54, 1.807) is 0 Å². The minimum atomic E-state index is -0.527. The summed E-state index contributed by atoms with van der Waals surface area (Å²) < 4.78 is 5.43. The quantitative estimate of drug-likeness (QED) is 0.448. The van der Waals surface area contributed by atoms with Gasteiger partial charge in [0.2, 0.25) is 0 Å². The van der Waals surface area contributed by atoms with Crippen LogP contribution in [0.2, 0.25) is 5.02 Å². The van der Waals surface area contributed by atoms with Crippen LogP contribution in [0.3, 0.4) is 0 Å². The van der Waals surface area contributed by atoms with Crippen LogP contribution in [0.15, 0.2) is 18.2 Å². The highest BCUT2D eigenvalue weighted by atomic mass is 35.5. The Bertz CT molecular complexity index is 398. The van der Waals surface area contributed by atoms with E-state index in [2.05, 4.69) is 0 Å². The van der Waals surface area contributed by atoms with Crippen molar-refractivity contribution in [2.75, 3.05) is 13.2 Å². The van der Waals surface area contributed by atoms with Gasteiger partial charge >= 0.3 is 0 Å². The molecule has 0 spiro atoms. The van der Waals surface area contributed by atoms with E-state index in [1.807, 2.05) is 0 Å². The van der Waals surface area contributed by atoms with E-state index in [1.165, 1.54) is 18.2 Å². The summed E-state index contributed by atoms with van der Waals surface area (Å²) in [5.41, 5.74) is -0.119. The number of nitro groups is 1. The minimum Gasteiger partial charge on any atom is -0.494 e. The number of nitro benzene ring substituents is 1. The molecule has 0 amide bonds. The van der Waals surface area contributed by atoms with E-state index in [9.17, 15) is 10.1 Å². The van der Waals surface area contributed by atoms with Crippen molar-refractivity contribution in [3.8, 4) is 5.75 Å². The van der Waals surface area contributed by atoms with Crippen molar-refractivity contribution >= 4 is 17.3 Å². The van der Waals surface area contributed by atoms with Crippen molar-refractivity contribution in [1.82, 2.24) is 0 Å². The van der Waals surface area contributed by atoms with E-state index in [4.69, 9.17) is 21.4 Å². The fourth-order valence-electron chi connectivity index (χ4n) is 1.48. The number of hydrogen-bond acceptors (Lipinski definition) is 4. The van der Waals surface area contributed by atoms with Crippen LogP contribution in [-0.4, -0.2) is 23.2 Å². The highest BCUT2D eigenvalue weighted by Crippen LogP contribution is 2.28. The number of aliphatic hydroxyl groups is 1. The number of ether oxygens (including phenoxy) is 1. The van der Waals surface area contributed by atoms with Gasteiger partial charge in [-0.15, -0.1) is 0 Å². The third kappa shape index (κ3) is 4.89. The molecule has 100 valence electrons. The fourth-order valence-corrected chi connectivity index (χ4v) is 1.72. The molecule has 0 fully saturated rings. The lowest BCUT2D eigenvalue weighted by Gasteiger charge is -2.06. The molecule has 1 rings (SSSR count). The molecule has 0 saturated heterocycles. The number of rotatable bonds is 8. The Labute approximate surface area is 110 Å². The number of halogens is 1. The van der Waals surface area contributed by atoms with E-state index >= 15 is 0 Å². The lowest BCUT2D eigenvalue weighted by molar-refractivity contribution is -0.384. The van der Waals surface area contributed by atoms with E-state index in [0.29, 0.717) is 12.4 Å². The van der Waals surface area contributed by atoms with Crippen molar-refractivity contribution in [1.29, 1.82) is 0 Å². The molecule has 0 radical (unpaired) electrons. The zero-order valence-corrected chi connectivity index (χ0v) is 10.7. The van der Waals surface area contributed by atoms with E-state index in [0.717, 1.165) is 25.7 Å². The van der Waals surface area contributed by atoms with Crippen molar-refractivity contribution in [2.45, 2.75) is 25.7 Å². The maximum Gasteiger partial charge on any atom is 0.288 e. The van der Waals surface area contributed by atoms with Gasteiger partial charge in [-0.05, 0) is 25.3 Å². The molecular weight excluding hydrogens is 258 g/mol. The second kappa shape index (κ2) is 7.89. The maximum atomic E-state index is 10.6. The van der Waals surface area contributed by atoms with Gasteiger partial charge in [0.25, 0.3) is 5.69 Å². The van der Waals surface area contributed by atoms with Gasteiger partial charge in [0.05, 0.1) is 11.5 Å². The molecule has 0 aliphatic heterocycles. The summed E-state index contributed by atoms with van der Waals surface area (Å²) in [4.78, 5) is 10.0. The molecule has 5 nitrogen and oxygen atoms in total. The summed E-state index contributed by atoms with van der Waals surface area (Å²) in [6.07, 6.45) is 3.65. The molecule has 0 heterocycles. The van der Waals surface area contributed by atoms with Gasteiger partial charge < -0.3 is 9.84 Å². The van der Waals surface area contributed by atoms with E-state index in [-0.39, 0.29) is 17.3 Å². The molecule has 0 aromatic heterocycles. The summed E-state index contributed by atoms with van der Waals surface area (Å²) >= 11 is 5.76. The number of unbranched alkanes of at least 4 members (excludes halogenated alkanes) is 3. The van der Waals surface area contributed by atoms with Crippen LogP contribution in [0.5, 0.6) is 5.75 Å². The molecule has 0 atom stereocenters. The molecule has 0 aliphatic carbocycles. The van der Waals surface area contributed by atoms with E-state index < -0.39 is 4.92 Å². The summed E-state index contributed by atoms with van der Waals surface area (Å²) in [6, 6.07) is 4.33. The molecule has 1 aromatic carbocycles.